The first-order valence-corrected chi connectivity index (χ1v) is 11.8. The van der Waals surface area contributed by atoms with E-state index in [1.807, 2.05) is 13.0 Å². The molecule has 1 heterocycles. The highest BCUT2D eigenvalue weighted by Gasteiger charge is 2.19. The highest BCUT2D eigenvalue weighted by molar-refractivity contribution is 7.91. The summed E-state index contributed by atoms with van der Waals surface area (Å²) in [6.45, 7) is 8.98. The molecular weight excluding hydrogens is 360 g/mol. The van der Waals surface area contributed by atoms with Gasteiger partial charge in [0.2, 0.25) is 0 Å². The smallest absolute Gasteiger partial charge is 0.191 e. The van der Waals surface area contributed by atoms with Crippen molar-refractivity contribution in [3.63, 3.8) is 0 Å². The van der Waals surface area contributed by atoms with Gasteiger partial charge < -0.3 is 15.5 Å². The minimum absolute atomic E-state index is 0.120. The van der Waals surface area contributed by atoms with Gasteiger partial charge in [-0.15, -0.1) is 0 Å². The summed E-state index contributed by atoms with van der Waals surface area (Å²) in [5, 5.41) is 6.78. The van der Waals surface area contributed by atoms with Gasteiger partial charge in [0.15, 0.2) is 15.8 Å². The van der Waals surface area contributed by atoms with E-state index in [9.17, 15) is 8.42 Å². The molecular formula is C20H34N4O2S. The molecule has 1 fully saturated rings. The fourth-order valence-electron chi connectivity index (χ4n) is 3.32. The van der Waals surface area contributed by atoms with Gasteiger partial charge in [-0.1, -0.05) is 25.1 Å². The summed E-state index contributed by atoms with van der Waals surface area (Å²) in [4.78, 5) is 7.47. The lowest BCUT2D eigenvalue weighted by molar-refractivity contribution is 0.206. The third-order valence-corrected chi connectivity index (χ3v) is 6.57. The number of nitrogens with one attached hydrogen (secondary N) is 2. The molecule has 0 bridgehead atoms. The molecule has 152 valence electrons. The summed E-state index contributed by atoms with van der Waals surface area (Å²) < 4.78 is 24.6. The summed E-state index contributed by atoms with van der Waals surface area (Å²) in [6.07, 6.45) is 3.95. The number of sulfone groups is 1. The van der Waals surface area contributed by atoms with Crippen LogP contribution < -0.4 is 10.6 Å². The van der Waals surface area contributed by atoms with Crippen molar-refractivity contribution in [3.05, 3.63) is 30.3 Å². The predicted molar refractivity (Wildman–Crippen MR) is 112 cm³/mol. The van der Waals surface area contributed by atoms with E-state index in [4.69, 9.17) is 0 Å². The average molecular weight is 395 g/mol. The number of piperidine rings is 1. The van der Waals surface area contributed by atoms with Gasteiger partial charge in [-0.2, -0.15) is 0 Å². The van der Waals surface area contributed by atoms with Crippen molar-refractivity contribution in [1.82, 2.24) is 15.5 Å². The number of rotatable bonds is 9. The molecule has 0 radical (unpaired) electrons. The first kappa shape index (κ1) is 21.7. The normalized spacial score (nSPS) is 17.0. The van der Waals surface area contributed by atoms with Gasteiger partial charge in [-0.25, -0.2) is 8.42 Å². The van der Waals surface area contributed by atoms with Crippen LogP contribution in [0.4, 0.5) is 0 Å². The third-order valence-electron chi connectivity index (χ3n) is 4.76. The molecule has 1 aliphatic heterocycles. The standard InChI is InChI=1S/C20H34N4O2S/c1-3-14-24-15-11-18(12-16-24)23-20(21-4-2)22-13-8-17-27(25,26)19-9-6-5-7-10-19/h5-7,9-10,18H,3-4,8,11-17H2,1-2H3,(H2,21,22,23). The van der Waals surface area contributed by atoms with Crippen LogP contribution in [0.2, 0.25) is 0 Å². The molecule has 1 aliphatic rings. The van der Waals surface area contributed by atoms with E-state index >= 15 is 0 Å². The van der Waals surface area contributed by atoms with Crippen molar-refractivity contribution >= 4 is 15.8 Å². The van der Waals surface area contributed by atoms with Crippen molar-refractivity contribution in [2.45, 2.75) is 50.5 Å². The highest BCUT2D eigenvalue weighted by atomic mass is 32.2. The molecule has 6 nitrogen and oxygen atoms in total. The lowest BCUT2D eigenvalue weighted by Crippen LogP contribution is -2.48. The molecule has 0 saturated carbocycles. The van der Waals surface area contributed by atoms with Gasteiger partial charge in [-0.05, 0) is 51.3 Å². The number of hydrogen-bond donors (Lipinski definition) is 2. The van der Waals surface area contributed by atoms with Crippen LogP contribution in [-0.2, 0) is 9.84 Å². The summed E-state index contributed by atoms with van der Waals surface area (Å²) in [5.74, 6) is 0.915. The monoisotopic (exact) mass is 394 g/mol. The summed E-state index contributed by atoms with van der Waals surface area (Å²) >= 11 is 0. The Morgan fingerprint density at radius 3 is 2.52 bits per heavy atom. The maximum absolute atomic E-state index is 12.3. The number of guanidine groups is 1. The quantitative estimate of drug-likeness (QED) is 0.382. The Hall–Kier alpha value is -1.60. The van der Waals surface area contributed by atoms with E-state index < -0.39 is 9.84 Å². The summed E-state index contributed by atoms with van der Waals surface area (Å²) in [7, 11) is -3.22. The van der Waals surface area contributed by atoms with Crippen molar-refractivity contribution in [2.75, 3.05) is 38.5 Å². The van der Waals surface area contributed by atoms with E-state index in [-0.39, 0.29) is 5.75 Å². The van der Waals surface area contributed by atoms with Gasteiger partial charge in [0.05, 0.1) is 10.6 Å². The van der Waals surface area contributed by atoms with E-state index in [1.54, 1.807) is 24.3 Å². The van der Waals surface area contributed by atoms with E-state index in [0.29, 0.717) is 23.9 Å². The van der Waals surface area contributed by atoms with Crippen LogP contribution in [0.1, 0.15) is 39.5 Å². The molecule has 0 aromatic heterocycles. The molecule has 1 aromatic rings. The van der Waals surface area contributed by atoms with Crippen LogP contribution in [0, 0.1) is 0 Å². The largest absolute Gasteiger partial charge is 0.357 e. The molecule has 0 amide bonds. The molecule has 0 spiro atoms. The van der Waals surface area contributed by atoms with Gasteiger partial charge in [0, 0.05) is 32.2 Å². The van der Waals surface area contributed by atoms with Crippen molar-refractivity contribution in [2.24, 2.45) is 4.99 Å². The molecule has 2 N–H and O–H groups in total. The number of nitrogens with zero attached hydrogens (tertiary/aromatic N) is 2. The van der Waals surface area contributed by atoms with Crippen molar-refractivity contribution in [3.8, 4) is 0 Å². The Kier molecular flexibility index (Phi) is 9.07. The maximum Gasteiger partial charge on any atom is 0.191 e. The predicted octanol–water partition coefficient (Wildman–Crippen LogP) is 2.28. The molecule has 1 aromatic carbocycles. The van der Waals surface area contributed by atoms with Gasteiger partial charge >= 0.3 is 0 Å². The zero-order valence-corrected chi connectivity index (χ0v) is 17.5. The Balaban J connectivity index is 1.80. The Morgan fingerprint density at radius 2 is 1.89 bits per heavy atom. The topological polar surface area (TPSA) is 73.8 Å². The van der Waals surface area contributed by atoms with Crippen LogP contribution >= 0.6 is 0 Å². The SMILES string of the molecule is CCCN1CCC(NC(=NCCCS(=O)(=O)c2ccccc2)NCC)CC1. The molecule has 7 heteroatoms. The number of likely N-dealkylation sites (tertiary alicyclic amines) is 1. The summed E-state index contributed by atoms with van der Waals surface area (Å²) in [6, 6.07) is 9.06. The molecule has 0 unspecified atom stereocenters. The Bertz CT molecular complexity index is 668. The highest BCUT2D eigenvalue weighted by Crippen LogP contribution is 2.12. The zero-order valence-electron chi connectivity index (χ0n) is 16.7. The van der Waals surface area contributed by atoms with Gasteiger partial charge in [0.1, 0.15) is 0 Å². The molecule has 1 saturated heterocycles. The van der Waals surface area contributed by atoms with Crippen molar-refractivity contribution in [1.29, 1.82) is 0 Å². The van der Waals surface area contributed by atoms with Gasteiger partial charge in [0.25, 0.3) is 0 Å². The molecule has 0 atom stereocenters. The first-order chi connectivity index (χ1) is 13.0. The number of hydrogen-bond acceptors (Lipinski definition) is 4. The Morgan fingerprint density at radius 1 is 1.19 bits per heavy atom. The Labute approximate surface area is 164 Å². The second-order valence-corrected chi connectivity index (χ2v) is 9.12. The lowest BCUT2D eigenvalue weighted by atomic mass is 10.1. The van der Waals surface area contributed by atoms with E-state index in [1.165, 1.54) is 13.0 Å². The van der Waals surface area contributed by atoms with Crippen LogP contribution in [0.3, 0.4) is 0 Å². The minimum Gasteiger partial charge on any atom is -0.357 e. The third kappa shape index (κ3) is 7.50. The molecule has 27 heavy (non-hydrogen) atoms. The number of aliphatic imine (C=N–C) groups is 1. The molecule has 2 rings (SSSR count). The first-order valence-electron chi connectivity index (χ1n) is 10.1. The van der Waals surface area contributed by atoms with E-state index in [2.05, 4.69) is 27.4 Å². The van der Waals surface area contributed by atoms with Crippen LogP contribution in [0.15, 0.2) is 40.2 Å². The van der Waals surface area contributed by atoms with Gasteiger partial charge in [-0.3, -0.25) is 4.99 Å². The van der Waals surface area contributed by atoms with Crippen LogP contribution in [0.25, 0.3) is 0 Å². The minimum atomic E-state index is -3.22. The van der Waals surface area contributed by atoms with E-state index in [0.717, 1.165) is 38.4 Å². The summed E-state index contributed by atoms with van der Waals surface area (Å²) in [5.41, 5.74) is 0. The average Bonchev–Trinajstić information content (AvgIpc) is 2.68. The molecule has 0 aliphatic carbocycles. The van der Waals surface area contributed by atoms with Crippen LogP contribution in [0.5, 0.6) is 0 Å². The van der Waals surface area contributed by atoms with Crippen molar-refractivity contribution < 1.29 is 8.42 Å². The lowest BCUT2D eigenvalue weighted by Gasteiger charge is -2.32. The fraction of sp³-hybridized carbons (Fsp3) is 0.650. The second kappa shape index (κ2) is 11.3. The number of benzene rings is 1. The fourth-order valence-corrected chi connectivity index (χ4v) is 4.64. The maximum atomic E-state index is 12.3. The zero-order chi connectivity index (χ0) is 19.5. The second-order valence-electron chi connectivity index (χ2n) is 7.01. The van der Waals surface area contributed by atoms with Crippen LogP contribution in [-0.4, -0.2) is 63.8 Å².